The lowest BCUT2D eigenvalue weighted by Gasteiger charge is -1.98. The van der Waals surface area contributed by atoms with Gasteiger partial charge in [-0.05, 0) is 6.07 Å². The molecule has 0 aromatic carbocycles. The van der Waals surface area contributed by atoms with Crippen LogP contribution in [0.3, 0.4) is 0 Å². The number of imidazole rings is 1. The van der Waals surface area contributed by atoms with Gasteiger partial charge in [-0.1, -0.05) is 0 Å². The molecule has 2 aromatic heterocycles. The molecule has 5 nitrogen and oxygen atoms in total. The Kier molecular flexibility index (Phi) is 2.52. The van der Waals surface area contributed by atoms with Gasteiger partial charge in [0.15, 0.2) is 5.78 Å². The number of Topliss-reactive ketones (excluding diaryl/α,β-unsaturated/α-hetero) is 1. The Balaban J connectivity index is 2.20. The number of aryl methyl sites for hydroxylation is 2. The van der Waals surface area contributed by atoms with Crippen LogP contribution < -0.4 is 5.69 Å². The van der Waals surface area contributed by atoms with E-state index in [0.717, 1.165) is 0 Å². The summed E-state index contributed by atoms with van der Waals surface area (Å²) in [5, 5.41) is 0. The van der Waals surface area contributed by atoms with Crippen LogP contribution in [0.25, 0.3) is 0 Å². The molecule has 0 amide bonds. The van der Waals surface area contributed by atoms with E-state index in [1.807, 2.05) is 7.05 Å². The van der Waals surface area contributed by atoms with Crippen molar-refractivity contribution in [3.8, 4) is 0 Å². The second-order valence-corrected chi connectivity index (χ2v) is 3.81. The van der Waals surface area contributed by atoms with E-state index < -0.39 is 0 Å². The molecule has 0 aliphatic rings. The summed E-state index contributed by atoms with van der Waals surface area (Å²) in [6.07, 6.45) is 6.81. The van der Waals surface area contributed by atoms with Crippen LogP contribution >= 0.6 is 0 Å². The molecule has 0 saturated carbocycles. The number of hydrogen-bond donors (Lipinski definition) is 0. The van der Waals surface area contributed by atoms with Crippen LogP contribution in [-0.2, 0) is 20.6 Å². The highest BCUT2D eigenvalue weighted by molar-refractivity contribution is 5.95. The Morgan fingerprint density at radius 3 is 2.50 bits per heavy atom. The summed E-state index contributed by atoms with van der Waals surface area (Å²) in [5.41, 5.74) is 0.447. The second-order valence-electron chi connectivity index (χ2n) is 3.81. The van der Waals surface area contributed by atoms with Gasteiger partial charge in [-0.2, -0.15) is 0 Å². The lowest BCUT2D eigenvalue weighted by Crippen LogP contribution is -2.25. The number of carbonyl (C=O) groups excluding carboxylic acids is 1. The summed E-state index contributed by atoms with van der Waals surface area (Å²) < 4.78 is 4.65. The van der Waals surface area contributed by atoms with E-state index in [2.05, 4.69) is 0 Å². The predicted molar refractivity (Wildman–Crippen MR) is 59.4 cm³/mol. The van der Waals surface area contributed by atoms with Crippen molar-refractivity contribution in [3.05, 3.63) is 46.9 Å². The molecule has 2 heterocycles. The minimum absolute atomic E-state index is 0.0612. The normalized spacial score (nSPS) is 10.6. The van der Waals surface area contributed by atoms with E-state index in [1.165, 1.54) is 9.13 Å². The van der Waals surface area contributed by atoms with Crippen LogP contribution in [0.4, 0.5) is 0 Å². The SMILES string of the molecule is Cn1ccc(C(=O)Cn2ccn(C)c2=O)c1. The Morgan fingerprint density at radius 2 is 2.00 bits per heavy atom. The Morgan fingerprint density at radius 1 is 1.25 bits per heavy atom. The molecule has 0 unspecified atom stereocenters. The van der Waals surface area contributed by atoms with E-state index in [-0.39, 0.29) is 18.0 Å². The molecule has 84 valence electrons. The minimum Gasteiger partial charge on any atom is -0.357 e. The lowest BCUT2D eigenvalue weighted by atomic mass is 10.2. The molecule has 0 saturated heterocycles. The van der Waals surface area contributed by atoms with Gasteiger partial charge in [-0.15, -0.1) is 0 Å². The van der Waals surface area contributed by atoms with Crippen LogP contribution in [-0.4, -0.2) is 19.5 Å². The van der Waals surface area contributed by atoms with Gasteiger partial charge in [0.25, 0.3) is 0 Å². The molecule has 5 heteroatoms. The molecular formula is C11H13N3O2. The highest BCUT2D eigenvalue weighted by Crippen LogP contribution is 2.02. The maximum absolute atomic E-state index is 11.8. The van der Waals surface area contributed by atoms with Gasteiger partial charge in [-0.25, -0.2) is 4.79 Å². The zero-order valence-electron chi connectivity index (χ0n) is 9.25. The van der Waals surface area contributed by atoms with Crippen molar-refractivity contribution in [2.24, 2.45) is 14.1 Å². The monoisotopic (exact) mass is 219 g/mol. The molecule has 0 radical (unpaired) electrons. The van der Waals surface area contributed by atoms with Crippen LogP contribution in [0, 0.1) is 0 Å². The van der Waals surface area contributed by atoms with Gasteiger partial charge in [-0.3, -0.25) is 9.36 Å². The summed E-state index contributed by atoms with van der Waals surface area (Å²) in [5.74, 6) is -0.0612. The molecule has 16 heavy (non-hydrogen) atoms. The smallest absolute Gasteiger partial charge is 0.328 e. The van der Waals surface area contributed by atoms with Crippen molar-refractivity contribution in [3.63, 3.8) is 0 Å². The van der Waals surface area contributed by atoms with Crippen molar-refractivity contribution in [1.29, 1.82) is 0 Å². The predicted octanol–water partition coefficient (Wildman–Crippen LogP) is 0.408. The fourth-order valence-electron chi connectivity index (χ4n) is 1.55. The zero-order valence-corrected chi connectivity index (χ0v) is 9.25. The molecule has 0 aliphatic carbocycles. The van der Waals surface area contributed by atoms with Gasteiger partial charge in [0.2, 0.25) is 0 Å². The van der Waals surface area contributed by atoms with Crippen molar-refractivity contribution in [2.75, 3.05) is 0 Å². The molecule has 2 aromatic rings. The van der Waals surface area contributed by atoms with E-state index in [1.54, 1.807) is 42.5 Å². The second kappa shape index (κ2) is 3.84. The van der Waals surface area contributed by atoms with Crippen LogP contribution in [0.15, 0.2) is 35.6 Å². The van der Waals surface area contributed by atoms with E-state index in [0.29, 0.717) is 5.56 Å². The standard InChI is InChI=1S/C11H13N3O2/c1-12-4-3-9(7-12)10(15)8-14-6-5-13(2)11(14)16/h3-7H,8H2,1-2H3. The first-order valence-corrected chi connectivity index (χ1v) is 4.95. The Hall–Kier alpha value is -2.04. The van der Waals surface area contributed by atoms with E-state index in [9.17, 15) is 9.59 Å². The first kappa shape index (κ1) is 10.5. The summed E-state index contributed by atoms with van der Waals surface area (Å²) in [7, 11) is 3.51. The molecule has 0 bridgehead atoms. The minimum atomic E-state index is -0.177. The molecule has 0 N–H and O–H groups in total. The first-order valence-electron chi connectivity index (χ1n) is 4.95. The van der Waals surface area contributed by atoms with E-state index >= 15 is 0 Å². The van der Waals surface area contributed by atoms with Gasteiger partial charge in [0.05, 0.1) is 6.54 Å². The number of carbonyl (C=O) groups is 1. The van der Waals surface area contributed by atoms with Gasteiger partial charge in [0, 0.05) is 44.4 Å². The number of rotatable bonds is 3. The Bertz CT molecular complexity index is 574. The zero-order chi connectivity index (χ0) is 11.7. The van der Waals surface area contributed by atoms with Crippen molar-refractivity contribution in [1.82, 2.24) is 13.7 Å². The number of hydrogen-bond acceptors (Lipinski definition) is 2. The summed E-state index contributed by atoms with van der Waals surface area (Å²) in [6.45, 7) is 0.0870. The fourth-order valence-corrected chi connectivity index (χ4v) is 1.55. The van der Waals surface area contributed by atoms with Gasteiger partial charge < -0.3 is 9.13 Å². The maximum atomic E-state index is 11.8. The summed E-state index contributed by atoms with van der Waals surface area (Å²) in [4.78, 5) is 23.3. The number of nitrogens with zero attached hydrogens (tertiary/aromatic N) is 3. The lowest BCUT2D eigenvalue weighted by molar-refractivity contribution is 0.0971. The third kappa shape index (κ3) is 1.84. The van der Waals surface area contributed by atoms with Gasteiger partial charge >= 0.3 is 5.69 Å². The van der Waals surface area contributed by atoms with Crippen molar-refractivity contribution in [2.45, 2.75) is 6.54 Å². The highest BCUT2D eigenvalue weighted by atomic mass is 16.2. The first-order chi connectivity index (χ1) is 7.58. The average Bonchev–Trinajstić information content (AvgIpc) is 2.79. The Labute approximate surface area is 92.5 Å². The topological polar surface area (TPSA) is 48.9 Å². The molecule has 2 rings (SSSR count). The summed E-state index contributed by atoms with van der Waals surface area (Å²) >= 11 is 0. The van der Waals surface area contributed by atoms with Crippen molar-refractivity contribution >= 4 is 5.78 Å². The molecule has 0 fully saturated rings. The third-order valence-electron chi connectivity index (χ3n) is 2.49. The van der Waals surface area contributed by atoms with Gasteiger partial charge in [0.1, 0.15) is 0 Å². The molecule has 0 atom stereocenters. The quantitative estimate of drug-likeness (QED) is 0.702. The maximum Gasteiger partial charge on any atom is 0.328 e. The average molecular weight is 219 g/mol. The highest BCUT2D eigenvalue weighted by Gasteiger charge is 2.09. The molecule has 0 spiro atoms. The fraction of sp³-hybridized carbons (Fsp3) is 0.273. The molecule has 0 aliphatic heterocycles. The van der Waals surface area contributed by atoms with Crippen LogP contribution in [0.1, 0.15) is 10.4 Å². The number of aromatic nitrogens is 3. The third-order valence-corrected chi connectivity index (χ3v) is 2.49. The molecular weight excluding hydrogens is 206 g/mol. The summed E-state index contributed by atoms with van der Waals surface area (Å²) in [6, 6.07) is 1.75. The van der Waals surface area contributed by atoms with E-state index in [4.69, 9.17) is 0 Å². The van der Waals surface area contributed by atoms with Crippen LogP contribution in [0.2, 0.25) is 0 Å². The van der Waals surface area contributed by atoms with Crippen LogP contribution in [0.5, 0.6) is 0 Å². The number of ketones is 1. The largest absolute Gasteiger partial charge is 0.357 e. The van der Waals surface area contributed by atoms with Crippen molar-refractivity contribution < 1.29 is 4.79 Å².